The lowest BCUT2D eigenvalue weighted by molar-refractivity contribution is -0.144. The van der Waals surface area contributed by atoms with E-state index in [4.69, 9.17) is 0 Å². The van der Waals surface area contributed by atoms with E-state index >= 15 is 0 Å². The fourth-order valence-electron chi connectivity index (χ4n) is 3.30. The van der Waals surface area contributed by atoms with Gasteiger partial charge in [0.15, 0.2) is 0 Å². The molecule has 0 spiro atoms. The van der Waals surface area contributed by atoms with Crippen molar-refractivity contribution >= 4 is 22.8 Å². The number of carbonyl (C=O) groups excluding carboxylic acids is 1. The average molecular weight is 331 g/mol. The molecule has 1 aliphatic heterocycles. The Labute approximate surface area is 139 Å². The number of hydrogen-bond acceptors (Lipinski definition) is 4. The summed E-state index contributed by atoms with van der Waals surface area (Å²) in [6.07, 6.45) is 1.72. The Morgan fingerprint density at radius 2 is 1.96 bits per heavy atom. The van der Waals surface area contributed by atoms with Gasteiger partial charge in [0.2, 0.25) is 5.91 Å². The molecule has 7 nitrogen and oxygen atoms in total. The highest BCUT2D eigenvalue weighted by Gasteiger charge is 2.32. The van der Waals surface area contributed by atoms with Crippen LogP contribution >= 0.6 is 0 Å². The molecule has 1 aromatic heterocycles. The molecule has 3 rings (SSSR count). The zero-order chi connectivity index (χ0) is 17.3. The summed E-state index contributed by atoms with van der Waals surface area (Å²) in [5, 5.41) is 19.8. The van der Waals surface area contributed by atoms with Gasteiger partial charge in [-0.15, -0.1) is 0 Å². The predicted octanol–water partition coefficient (Wildman–Crippen LogP) is 0.950. The molecule has 1 amide bonds. The quantitative estimate of drug-likeness (QED) is 0.775. The molecule has 24 heavy (non-hydrogen) atoms. The van der Waals surface area contributed by atoms with E-state index in [2.05, 4.69) is 4.98 Å². The number of hydrogen-bond donors (Lipinski definition) is 3. The van der Waals surface area contributed by atoms with E-state index in [0.29, 0.717) is 31.7 Å². The Bertz CT molecular complexity index is 762. The average Bonchev–Trinajstić information content (AvgIpc) is 2.98. The summed E-state index contributed by atoms with van der Waals surface area (Å²) in [5.74, 6) is -0.886. The minimum absolute atomic E-state index is 0.0187. The van der Waals surface area contributed by atoms with Crippen LogP contribution in [0.5, 0.6) is 0 Å². The minimum Gasteiger partial charge on any atom is -0.480 e. The number of aliphatic hydroxyl groups excluding tert-OH is 1. The predicted molar refractivity (Wildman–Crippen MR) is 88.4 cm³/mol. The normalized spacial score (nSPS) is 17.2. The van der Waals surface area contributed by atoms with Gasteiger partial charge >= 0.3 is 5.97 Å². The molecule has 1 saturated heterocycles. The van der Waals surface area contributed by atoms with Crippen LogP contribution in [0.15, 0.2) is 24.4 Å². The van der Waals surface area contributed by atoms with Gasteiger partial charge in [-0.05, 0) is 11.6 Å². The third-order valence-corrected chi connectivity index (χ3v) is 4.61. The maximum absolute atomic E-state index is 11.9. The van der Waals surface area contributed by atoms with Crippen LogP contribution in [-0.4, -0.2) is 63.1 Å². The number of amides is 1. The second-order valence-corrected chi connectivity index (χ2v) is 6.06. The molecule has 0 bridgehead atoms. The Kier molecular flexibility index (Phi) is 4.55. The van der Waals surface area contributed by atoms with E-state index in [0.717, 1.165) is 16.5 Å². The Balaban J connectivity index is 1.89. The summed E-state index contributed by atoms with van der Waals surface area (Å²) in [4.78, 5) is 30.1. The molecule has 0 radical (unpaired) electrons. The van der Waals surface area contributed by atoms with Crippen molar-refractivity contribution in [1.82, 2.24) is 14.8 Å². The number of aliphatic hydroxyl groups is 1. The summed E-state index contributed by atoms with van der Waals surface area (Å²) >= 11 is 0. The highest BCUT2D eigenvalue weighted by Crippen LogP contribution is 2.30. The third kappa shape index (κ3) is 3.00. The molecule has 2 aromatic rings. The Morgan fingerprint density at radius 1 is 1.25 bits per heavy atom. The van der Waals surface area contributed by atoms with E-state index in [1.165, 1.54) is 6.92 Å². The summed E-state index contributed by atoms with van der Waals surface area (Å²) in [6.45, 7) is 3.60. The number of rotatable bonds is 4. The molecular weight excluding hydrogens is 310 g/mol. The van der Waals surface area contributed by atoms with Crippen molar-refractivity contribution in [2.24, 2.45) is 0 Å². The first kappa shape index (κ1) is 16.5. The number of fused-ring (bicyclic) bond motifs is 1. The molecule has 1 aliphatic rings. The largest absolute Gasteiger partial charge is 0.480 e. The van der Waals surface area contributed by atoms with Crippen molar-refractivity contribution in [3.05, 3.63) is 35.5 Å². The number of benzene rings is 1. The maximum Gasteiger partial charge on any atom is 0.325 e. The standard InChI is InChI=1S/C17H21N3O4/c1-11(22)19-4-6-20(7-5-19)16(17(23)24)14-9-18-15-8-12(10-21)2-3-13(14)15/h2-3,8-9,16,18,21H,4-7,10H2,1H3,(H,23,24)/t16-/m0/s1. The monoisotopic (exact) mass is 331 g/mol. The summed E-state index contributed by atoms with van der Waals surface area (Å²) in [7, 11) is 0. The van der Waals surface area contributed by atoms with Crippen LogP contribution in [0.1, 0.15) is 24.1 Å². The molecule has 2 heterocycles. The van der Waals surface area contributed by atoms with Crippen LogP contribution in [0.25, 0.3) is 10.9 Å². The first-order valence-corrected chi connectivity index (χ1v) is 7.94. The van der Waals surface area contributed by atoms with E-state index in [1.807, 2.05) is 17.0 Å². The number of carboxylic acid groups (broad SMARTS) is 1. The molecule has 0 aliphatic carbocycles. The maximum atomic E-state index is 11.9. The highest BCUT2D eigenvalue weighted by atomic mass is 16.4. The van der Waals surface area contributed by atoms with Crippen LogP contribution in [0.2, 0.25) is 0 Å². The van der Waals surface area contributed by atoms with E-state index < -0.39 is 12.0 Å². The van der Waals surface area contributed by atoms with Gasteiger partial charge in [0, 0.05) is 55.8 Å². The number of aromatic nitrogens is 1. The molecule has 1 aromatic carbocycles. The summed E-state index contributed by atoms with van der Waals surface area (Å²) < 4.78 is 0. The first-order valence-electron chi connectivity index (χ1n) is 7.94. The second-order valence-electron chi connectivity index (χ2n) is 6.06. The van der Waals surface area contributed by atoms with Gasteiger partial charge in [-0.25, -0.2) is 0 Å². The number of piperazine rings is 1. The van der Waals surface area contributed by atoms with Gasteiger partial charge in [0.25, 0.3) is 0 Å². The molecule has 1 atom stereocenters. The number of nitrogens with zero attached hydrogens (tertiary/aromatic N) is 2. The lowest BCUT2D eigenvalue weighted by Crippen LogP contribution is -2.50. The van der Waals surface area contributed by atoms with E-state index in [9.17, 15) is 19.8 Å². The topological polar surface area (TPSA) is 96.9 Å². The number of carbonyl (C=O) groups is 2. The first-order chi connectivity index (χ1) is 11.5. The zero-order valence-corrected chi connectivity index (χ0v) is 13.5. The van der Waals surface area contributed by atoms with Crippen molar-refractivity contribution in [1.29, 1.82) is 0 Å². The third-order valence-electron chi connectivity index (χ3n) is 4.61. The van der Waals surface area contributed by atoms with Crippen molar-refractivity contribution in [3.63, 3.8) is 0 Å². The van der Waals surface area contributed by atoms with Gasteiger partial charge in [0.1, 0.15) is 6.04 Å². The molecule has 3 N–H and O–H groups in total. The molecule has 1 fully saturated rings. The fourth-order valence-corrected chi connectivity index (χ4v) is 3.30. The van der Waals surface area contributed by atoms with Crippen LogP contribution in [0.4, 0.5) is 0 Å². The van der Waals surface area contributed by atoms with Gasteiger partial charge in [-0.2, -0.15) is 0 Å². The van der Waals surface area contributed by atoms with Crippen molar-refractivity contribution in [2.45, 2.75) is 19.6 Å². The highest BCUT2D eigenvalue weighted by molar-refractivity contribution is 5.89. The van der Waals surface area contributed by atoms with E-state index in [1.54, 1.807) is 17.2 Å². The zero-order valence-electron chi connectivity index (χ0n) is 13.5. The lowest BCUT2D eigenvalue weighted by atomic mass is 10.0. The van der Waals surface area contributed by atoms with Crippen molar-refractivity contribution in [3.8, 4) is 0 Å². The van der Waals surface area contributed by atoms with Crippen molar-refractivity contribution in [2.75, 3.05) is 26.2 Å². The Morgan fingerprint density at radius 3 is 2.54 bits per heavy atom. The lowest BCUT2D eigenvalue weighted by Gasteiger charge is -2.37. The van der Waals surface area contributed by atoms with Gasteiger partial charge < -0.3 is 20.1 Å². The van der Waals surface area contributed by atoms with Gasteiger partial charge in [-0.1, -0.05) is 12.1 Å². The summed E-state index contributed by atoms with van der Waals surface area (Å²) in [6, 6.07) is 4.71. The van der Waals surface area contributed by atoms with Gasteiger partial charge in [0.05, 0.1) is 6.61 Å². The van der Waals surface area contributed by atoms with Gasteiger partial charge in [-0.3, -0.25) is 14.5 Å². The number of aliphatic carboxylic acids is 1. The smallest absolute Gasteiger partial charge is 0.325 e. The molecular formula is C17H21N3O4. The van der Waals surface area contributed by atoms with Crippen LogP contribution in [0, 0.1) is 0 Å². The molecule has 128 valence electrons. The SMILES string of the molecule is CC(=O)N1CCN([C@H](C(=O)O)c2c[nH]c3cc(CO)ccc23)CC1. The van der Waals surface area contributed by atoms with Crippen LogP contribution in [0.3, 0.4) is 0 Å². The Hall–Kier alpha value is -2.38. The molecule has 7 heteroatoms. The molecule has 0 unspecified atom stereocenters. The van der Waals surface area contributed by atoms with E-state index in [-0.39, 0.29) is 12.5 Å². The number of aromatic amines is 1. The number of carboxylic acids is 1. The van der Waals surface area contributed by atoms with Crippen LogP contribution in [-0.2, 0) is 16.2 Å². The minimum atomic E-state index is -0.904. The molecule has 0 saturated carbocycles. The number of H-pyrrole nitrogens is 1. The summed E-state index contributed by atoms with van der Waals surface area (Å²) in [5.41, 5.74) is 2.29. The van der Waals surface area contributed by atoms with Crippen LogP contribution < -0.4 is 0 Å². The van der Waals surface area contributed by atoms with Crippen molar-refractivity contribution < 1.29 is 19.8 Å². The second kappa shape index (κ2) is 6.62. The fraction of sp³-hybridized carbons (Fsp3) is 0.412. The number of nitrogens with one attached hydrogen (secondary N) is 1.